The van der Waals surface area contributed by atoms with Gasteiger partial charge in [0, 0.05) is 18.0 Å². The standard InChI is InChI=1S/C14H20FNO/c1-3-13(16)9(2)6-12-8-10-7-11(15)4-5-14(10)17-12/h4-5,7,9,12-13H,3,6,8,16H2,1-2H3. The Hall–Kier alpha value is -1.09. The van der Waals surface area contributed by atoms with Gasteiger partial charge in [0.1, 0.15) is 17.7 Å². The number of fused-ring (bicyclic) bond motifs is 1. The quantitative estimate of drug-likeness (QED) is 0.874. The average molecular weight is 237 g/mol. The van der Waals surface area contributed by atoms with Gasteiger partial charge < -0.3 is 10.5 Å². The summed E-state index contributed by atoms with van der Waals surface area (Å²) in [5.74, 6) is 1.07. The summed E-state index contributed by atoms with van der Waals surface area (Å²) in [6.07, 6.45) is 2.87. The van der Waals surface area contributed by atoms with E-state index >= 15 is 0 Å². The monoisotopic (exact) mass is 237 g/mol. The molecule has 1 aromatic rings. The Labute approximate surface area is 102 Å². The summed E-state index contributed by atoms with van der Waals surface area (Å²) < 4.78 is 18.9. The molecule has 0 saturated carbocycles. The van der Waals surface area contributed by atoms with Gasteiger partial charge in [-0.1, -0.05) is 13.8 Å². The molecule has 1 aromatic carbocycles. The molecule has 3 unspecified atom stereocenters. The normalized spacial score (nSPS) is 21.8. The Morgan fingerprint density at radius 3 is 3.00 bits per heavy atom. The van der Waals surface area contributed by atoms with Gasteiger partial charge in [-0.25, -0.2) is 4.39 Å². The summed E-state index contributed by atoms with van der Waals surface area (Å²) in [4.78, 5) is 0. The van der Waals surface area contributed by atoms with Crippen LogP contribution in [-0.4, -0.2) is 12.1 Å². The molecule has 3 atom stereocenters. The van der Waals surface area contributed by atoms with Gasteiger partial charge in [0.05, 0.1) is 0 Å². The Balaban J connectivity index is 1.96. The molecule has 0 aromatic heterocycles. The highest BCUT2D eigenvalue weighted by Crippen LogP contribution is 2.32. The molecule has 0 aliphatic carbocycles. The molecular weight excluding hydrogens is 217 g/mol. The number of rotatable bonds is 4. The molecule has 0 bridgehead atoms. The topological polar surface area (TPSA) is 35.2 Å². The first kappa shape index (κ1) is 12.4. The zero-order chi connectivity index (χ0) is 12.4. The summed E-state index contributed by atoms with van der Waals surface area (Å²) in [6, 6.07) is 4.95. The molecule has 1 aliphatic rings. The van der Waals surface area contributed by atoms with Crippen molar-refractivity contribution in [2.24, 2.45) is 11.7 Å². The third-order valence-corrected chi connectivity index (χ3v) is 3.60. The fraction of sp³-hybridized carbons (Fsp3) is 0.571. The molecule has 1 heterocycles. The smallest absolute Gasteiger partial charge is 0.123 e. The van der Waals surface area contributed by atoms with Gasteiger partial charge in [-0.3, -0.25) is 0 Å². The molecule has 0 spiro atoms. The highest BCUT2D eigenvalue weighted by molar-refractivity contribution is 5.37. The van der Waals surface area contributed by atoms with E-state index in [1.807, 2.05) is 0 Å². The number of benzene rings is 1. The average Bonchev–Trinajstić information content (AvgIpc) is 2.69. The van der Waals surface area contributed by atoms with Gasteiger partial charge in [0.15, 0.2) is 0 Å². The second-order valence-corrected chi connectivity index (χ2v) is 4.98. The minimum absolute atomic E-state index is 0.152. The van der Waals surface area contributed by atoms with E-state index in [9.17, 15) is 4.39 Å². The van der Waals surface area contributed by atoms with Crippen molar-refractivity contribution in [1.29, 1.82) is 0 Å². The highest BCUT2D eigenvalue weighted by Gasteiger charge is 2.26. The highest BCUT2D eigenvalue weighted by atomic mass is 19.1. The van der Waals surface area contributed by atoms with Gasteiger partial charge in [0.2, 0.25) is 0 Å². The van der Waals surface area contributed by atoms with Gasteiger partial charge in [-0.15, -0.1) is 0 Å². The van der Waals surface area contributed by atoms with Crippen LogP contribution in [-0.2, 0) is 6.42 Å². The van der Waals surface area contributed by atoms with Gasteiger partial charge in [-0.2, -0.15) is 0 Å². The van der Waals surface area contributed by atoms with E-state index < -0.39 is 0 Å². The second kappa shape index (κ2) is 5.05. The number of hydrogen-bond donors (Lipinski definition) is 1. The Morgan fingerprint density at radius 2 is 2.29 bits per heavy atom. The zero-order valence-electron chi connectivity index (χ0n) is 10.4. The van der Waals surface area contributed by atoms with Crippen LogP contribution < -0.4 is 10.5 Å². The van der Waals surface area contributed by atoms with Gasteiger partial charge >= 0.3 is 0 Å². The van der Waals surface area contributed by atoms with Crippen molar-refractivity contribution in [2.45, 2.75) is 45.3 Å². The minimum Gasteiger partial charge on any atom is -0.490 e. The maximum absolute atomic E-state index is 13.1. The minimum atomic E-state index is -0.189. The lowest BCUT2D eigenvalue weighted by Crippen LogP contribution is -2.31. The first-order chi connectivity index (χ1) is 8.10. The van der Waals surface area contributed by atoms with Crippen LogP contribution in [0.25, 0.3) is 0 Å². The molecule has 94 valence electrons. The fourth-order valence-electron chi connectivity index (χ4n) is 2.41. The van der Waals surface area contributed by atoms with Crippen LogP contribution in [0.5, 0.6) is 5.75 Å². The van der Waals surface area contributed by atoms with Crippen molar-refractivity contribution in [2.75, 3.05) is 0 Å². The predicted octanol–water partition coefficient (Wildman–Crippen LogP) is 2.89. The summed E-state index contributed by atoms with van der Waals surface area (Å²) in [7, 11) is 0. The van der Waals surface area contributed by atoms with E-state index in [1.54, 1.807) is 12.1 Å². The number of hydrogen-bond acceptors (Lipinski definition) is 2. The fourth-order valence-corrected chi connectivity index (χ4v) is 2.41. The molecular formula is C14H20FNO. The maximum atomic E-state index is 13.1. The summed E-state index contributed by atoms with van der Waals surface area (Å²) in [5, 5.41) is 0. The Morgan fingerprint density at radius 1 is 1.53 bits per heavy atom. The van der Waals surface area contributed by atoms with Crippen LogP contribution in [0, 0.1) is 11.7 Å². The van der Waals surface area contributed by atoms with E-state index in [0.29, 0.717) is 5.92 Å². The largest absolute Gasteiger partial charge is 0.490 e. The van der Waals surface area contributed by atoms with E-state index in [1.165, 1.54) is 6.07 Å². The molecule has 2 nitrogen and oxygen atoms in total. The Bertz CT molecular complexity index is 394. The van der Waals surface area contributed by atoms with Crippen molar-refractivity contribution in [3.8, 4) is 5.75 Å². The van der Waals surface area contributed by atoms with E-state index in [-0.39, 0.29) is 18.0 Å². The van der Waals surface area contributed by atoms with Crippen molar-refractivity contribution < 1.29 is 9.13 Å². The molecule has 2 N–H and O–H groups in total. The van der Waals surface area contributed by atoms with E-state index in [0.717, 1.165) is 30.6 Å². The molecule has 0 saturated heterocycles. The first-order valence-electron chi connectivity index (χ1n) is 6.30. The second-order valence-electron chi connectivity index (χ2n) is 4.98. The summed E-state index contributed by atoms with van der Waals surface area (Å²) in [5.41, 5.74) is 6.99. The van der Waals surface area contributed by atoms with Crippen LogP contribution in [0.2, 0.25) is 0 Å². The summed E-state index contributed by atoms with van der Waals surface area (Å²) >= 11 is 0. The van der Waals surface area contributed by atoms with Crippen molar-refractivity contribution >= 4 is 0 Å². The van der Waals surface area contributed by atoms with E-state index in [2.05, 4.69) is 13.8 Å². The van der Waals surface area contributed by atoms with Crippen molar-refractivity contribution in [1.82, 2.24) is 0 Å². The number of nitrogens with two attached hydrogens (primary N) is 1. The molecule has 1 aliphatic heterocycles. The van der Waals surface area contributed by atoms with Crippen molar-refractivity contribution in [3.05, 3.63) is 29.6 Å². The van der Waals surface area contributed by atoms with Crippen LogP contribution in [0.1, 0.15) is 32.3 Å². The molecule has 2 rings (SSSR count). The third kappa shape index (κ3) is 2.78. The lowest BCUT2D eigenvalue weighted by atomic mass is 9.93. The van der Waals surface area contributed by atoms with Crippen LogP contribution in [0.3, 0.4) is 0 Å². The van der Waals surface area contributed by atoms with Gasteiger partial charge in [-0.05, 0) is 37.0 Å². The Kier molecular flexibility index (Phi) is 3.67. The zero-order valence-corrected chi connectivity index (χ0v) is 10.4. The first-order valence-corrected chi connectivity index (χ1v) is 6.30. The molecule has 0 fully saturated rings. The molecule has 17 heavy (non-hydrogen) atoms. The maximum Gasteiger partial charge on any atom is 0.123 e. The SMILES string of the molecule is CCC(N)C(C)CC1Cc2cc(F)ccc2O1. The van der Waals surface area contributed by atoms with E-state index in [4.69, 9.17) is 10.5 Å². The lowest BCUT2D eigenvalue weighted by Gasteiger charge is -2.21. The molecule has 0 amide bonds. The number of halogens is 1. The van der Waals surface area contributed by atoms with Crippen LogP contribution >= 0.6 is 0 Å². The predicted molar refractivity (Wildman–Crippen MR) is 66.6 cm³/mol. The molecule has 3 heteroatoms. The third-order valence-electron chi connectivity index (χ3n) is 3.60. The number of ether oxygens (including phenoxy) is 1. The lowest BCUT2D eigenvalue weighted by molar-refractivity contribution is 0.188. The van der Waals surface area contributed by atoms with Crippen molar-refractivity contribution in [3.63, 3.8) is 0 Å². The van der Waals surface area contributed by atoms with Gasteiger partial charge in [0.25, 0.3) is 0 Å². The summed E-state index contributed by atoms with van der Waals surface area (Å²) in [6.45, 7) is 4.25. The van der Waals surface area contributed by atoms with Crippen LogP contribution in [0.15, 0.2) is 18.2 Å². The van der Waals surface area contributed by atoms with Crippen LogP contribution in [0.4, 0.5) is 4.39 Å². The molecule has 0 radical (unpaired) electrons.